The highest BCUT2D eigenvalue weighted by Gasteiger charge is 2.36. The first-order valence-electron chi connectivity index (χ1n) is 9.55. The van der Waals surface area contributed by atoms with Crippen LogP contribution in [-0.4, -0.2) is 41.3 Å². The van der Waals surface area contributed by atoms with Gasteiger partial charge >= 0.3 is 0 Å². The van der Waals surface area contributed by atoms with E-state index in [1.54, 1.807) is 11.8 Å². The molecule has 1 atom stereocenters. The normalized spacial score (nSPS) is 26.6. The number of rotatable bonds is 4. The Kier molecular flexibility index (Phi) is 5.71. The summed E-state index contributed by atoms with van der Waals surface area (Å²) in [7, 11) is 2.00. The van der Waals surface area contributed by atoms with Crippen LogP contribution in [0.3, 0.4) is 0 Å². The van der Waals surface area contributed by atoms with Gasteiger partial charge in [0.05, 0.1) is 6.10 Å². The molecule has 148 valence electrons. The fourth-order valence-corrected chi connectivity index (χ4v) is 4.97. The van der Waals surface area contributed by atoms with Crippen LogP contribution in [0.2, 0.25) is 5.02 Å². The smallest absolute Gasteiger partial charge is 0.268 e. The van der Waals surface area contributed by atoms with Crippen LogP contribution in [0.1, 0.15) is 25.7 Å². The van der Waals surface area contributed by atoms with Crippen molar-refractivity contribution in [3.8, 4) is 0 Å². The average molecular weight is 418 g/mol. The lowest BCUT2D eigenvalue weighted by molar-refractivity contribution is -0.119. The van der Waals surface area contributed by atoms with Gasteiger partial charge in [0, 0.05) is 39.7 Å². The Hall–Kier alpha value is -1.89. The number of amides is 1. The zero-order valence-electron chi connectivity index (χ0n) is 15.7. The van der Waals surface area contributed by atoms with Gasteiger partial charge in [-0.25, -0.2) is 0 Å². The standard InChI is InChI=1S/C21H24ClN3O2S/c1-25-12-2-3-17-19(28-16-10-4-13(22)5-11-16)18(24-20(17)25)21(27)23-14-6-8-15(26)9-7-14/h2-5,10-12,14-15,20,24,26H,6-9H2,1H3,(H,23,27). The van der Waals surface area contributed by atoms with Crippen molar-refractivity contribution in [3.63, 3.8) is 0 Å². The molecule has 2 heterocycles. The molecular formula is C21H24ClN3O2S. The van der Waals surface area contributed by atoms with Gasteiger partial charge in [0.2, 0.25) is 0 Å². The maximum Gasteiger partial charge on any atom is 0.268 e. The van der Waals surface area contributed by atoms with Crippen LogP contribution in [0.25, 0.3) is 0 Å². The van der Waals surface area contributed by atoms with Crippen molar-refractivity contribution in [1.82, 2.24) is 15.5 Å². The second-order valence-corrected chi connectivity index (χ2v) is 8.94. The van der Waals surface area contributed by atoms with Crippen molar-refractivity contribution in [2.45, 2.75) is 48.9 Å². The third-order valence-corrected chi connectivity index (χ3v) is 6.77. The number of likely N-dealkylation sites (N-methyl/N-ethyl adjacent to an activating group) is 1. The summed E-state index contributed by atoms with van der Waals surface area (Å²) in [6, 6.07) is 7.76. The van der Waals surface area contributed by atoms with Gasteiger partial charge in [0.1, 0.15) is 11.9 Å². The van der Waals surface area contributed by atoms with E-state index in [0.717, 1.165) is 41.1 Å². The molecule has 1 saturated carbocycles. The Morgan fingerprint density at radius 3 is 2.68 bits per heavy atom. The van der Waals surface area contributed by atoms with Crippen LogP contribution < -0.4 is 10.6 Å². The Balaban J connectivity index is 1.59. The van der Waals surface area contributed by atoms with Crippen LogP contribution in [0.5, 0.6) is 0 Å². The molecule has 0 saturated heterocycles. The van der Waals surface area contributed by atoms with E-state index in [1.165, 1.54) is 0 Å². The third-order valence-electron chi connectivity index (χ3n) is 5.36. The van der Waals surface area contributed by atoms with Gasteiger partial charge in [-0.1, -0.05) is 29.4 Å². The monoisotopic (exact) mass is 417 g/mol. The molecule has 0 bridgehead atoms. The fraction of sp³-hybridized carbons (Fsp3) is 0.381. The summed E-state index contributed by atoms with van der Waals surface area (Å²) in [5.74, 6) is -0.0819. The van der Waals surface area contributed by atoms with E-state index in [4.69, 9.17) is 11.6 Å². The van der Waals surface area contributed by atoms with Crippen molar-refractivity contribution < 1.29 is 9.90 Å². The molecular weight excluding hydrogens is 394 g/mol. The van der Waals surface area contributed by atoms with Gasteiger partial charge in [-0.05, 0) is 56.0 Å². The zero-order chi connectivity index (χ0) is 19.7. The van der Waals surface area contributed by atoms with Gasteiger partial charge in [-0.15, -0.1) is 0 Å². The quantitative estimate of drug-likeness (QED) is 0.701. The number of aliphatic hydroxyl groups excluding tert-OH is 1. The first-order valence-corrected chi connectivity index (χ1v) is 10.7. The predicted molar refractivity (Wildman–Crippen MR) is 113 cm³/mol. The number of carbonyl (C=O) groups excluding carboxylic acids is 1. The van der Waals surface area contributed by atoms with Gasteiger partial charge < -0.3 is 20.6 Å². The number of halogens is 1. The zero-order valence-corrected chi connectivity index (χ0v) is 17.3. The minimum atomic E-state index is -0.235. The summed E-state index contributed by atoms with van der Waals surface area (Å²) in [5.41, 5.74) is 1.70. The summed E-state index contributed by atoms with van der Waals surface area (Å²) >= 11 is 7.59. The van der Waals surface area contributed by atoms with Crippen LogP contribution in [0.4, 0.5) is 0 Å². The molecule has 5 nitrogen and oxygen atoms in total. The second-order valence-electron chi connectivity index (χ2n) is 7.41. The highest BCUT2D eigenvalue weighted by molar-refractivity contribution is 8.03. The van der Waals surface area contributed by atoms with Gasteiger partial charge in [-0.3, -0.25) is 4.79 Å². The first-order chi connectivity index (χ1) is 13.5. The van der Waals surface area contributed by atoms with Crippen molar-refractivity contribution in [3.05, 3.63) is 63.8 Å². The number of thioether (sulfide) groups is 1. The first kappa shape index (κ1) is 19.4. The van der Waals surface area contributed by atoms with E-state index in [9.17, 15) is 9.90 Å². The largest absolute Gasteiger partial charge is 0.393 e. The van der Waals surface area contributed by atoms with Crippen molar-refractivity contribution in [2.24, 2.45) is 0 Å². The molecule has 1 aliphatic carbocycles. The molecule has 4 rings (SSSR count). The lowest BCUT2D eigenvalue weighted by atomic mass is 9.93. The maximum atomic E-state index is 13.1. The highest BCUT2D eigenvalue weighted by atomic mass is 35.5. The molecule has 3 N–H and O–H groups in total. The molecule has 3 aliphatic rings. The Morgan fingerprint density at radius 1 is 1.25 bits per heavy atom. The maximum absolute atomic E-state index is 13.1. The van der Waals surface area contributed by atoms with Crippen LogP contribution in [-0.2, 0) is 4.79 Å². The van der Waals surface area contributed by atoms with E-state index in [1.807, 2.05) is 43.6 Å². The van der Waals surface area contributed by atoms with Gasteiger partial charge in [0.25, 0.3) is 5.91 Å². The molecule has 1 amide bonds. The number of carbonyl (C=O) groups is 1. The SMILES string of the molecule is CN1C=CC=C2C(Sc3ccc(Cl)cc3)=C(C(=O)NC3CCC(O)CC3)NC21. The van der Waals surface area contributed by atoms with Crippen molar-refractivity contribution in [1.29, 1.82) is 0 Å². The summed E-state index contributed by atoms with van der Waals surface area (Å²) in [6.07, 6.45) is 8.88. The Bertz CT molecular complexity index is 842. The van der Waals surface area contributed by atoms with E-state index < -0.39 is 0 Å². The van der Waals surface area contributed by atoms with E-state index >= 15 is 0 Å². The van der Waals surface area contributed by atoms with E-state index in [-0.39, 0.29) is 24.2 Å². The Morgan fingerprint density at radius 2 is 1.96 bits per heavy atom. The number of fused-ring (bicyclic) bond motifs is 1. The van der Waals surface area contributed by atoms with E-state index in [0.29, 0.717) is 10.7 Å². The molecule has 28 heavy (non-hydrogen) atoms. The average Bonchev–Trinajstić information content (AvgIpc) is 3.05. The molecule has 0 radical (unpaired) electrons. The molecule has 7 heteroatoms. The molecule has 1 aromatic carbocycles. The number of allylic oxidation sites excluding steroid dienone is 2. The van der Waals surface area contributed by atoms with Crippen molar-refractivity contribution >= 4 is 29.3 Å². The van der Waals surface area contributed by atoms with Crippen molar-refractivity contribution in [2.75, 3.05) is 7.05 Å². The van der Waals surface area contributed by atoms with Gasteiger partial charge in [-0.2, -0.15) is 0 Å². The molecule has 0 spiro atoms. The number of aliphatic hydroxyl groups is 1. The van der Waals surface area contributed by atoms with E-state index in [2.05, 4.69) is 21.6 Å². The Labute approximate surface area is 174 Å². The fourth-order valence-electron chi connectivity index (χ4n) is 3.78. The molecule has 1 fully saturated rings. The molecule has 2 aliphatic heterocycles. The highest BCUT2D eigenvalue weighted by Crippen LogP contribution is 2.41. The number of nitrogens with one attached hydrogen (secondary N) is 2. The molecule has 1 aromatic rings. The topological polar surface area (TPSA) is 64.6 Å². The molecule has 0 aromatic heterocycles. The number of nitrogens with zero attached hydrogens (tertiary/aromatic N) is 1. The second kappa shape index (κ2) is 8.23. The van der Waals surface area contributed by atoms with Crippen LogP contribution in [0.15, 0.2) is 63.7 Å². The number of hydrogen-bond acceptors (Lipinski definition) is 5. The van der Waals surface area contributed by atoms with Gasteiger partial charge in [0.15, 0.2) is 0 Å². The minimum absolute atomic E-state index is 0.0475. The predicted octanol–water partition coefficient (Wildman–Crippen LogP) is 3.38. The minimum Gasteiger partial charge on any atom is -0.393 e. The lowest BCUT2D eigenvalue weighted by Crippen LogP contribution is -2.44. The number of benzene rings is 1. The summed E-state index contributed by atoms with van der Waals surface area (Å²) in [6.45, 7) is 0. The number of hydrogen-bond donors (Lipinski definition) is 3. The lowest BCUT2D eigenvalue weighted by Gasteiger charge is -2.28. The third kappa shape index (κ3) is 4.09. The van der Waals surface area contributed by atoms with Crippen LogP contribution in [0, 0.1) is 0 Å². The summed E-state index contributed by atoms with van der Waals surface area (Å²) in [5, 5.41) is 17.0. The molecule has 1 unspecified atom stereocenters. The summed E-state index contributed by atoms with van der Waals surface area (Å²) in [4.78, 5) is 17.1. The summed E-state index contributed by atoms with van der Waals surface area (Å²) < 4.78 is 0. The van der Waals surface area contributed by atoms with Crippen LogP contribution >= 0.6 is 23.4 Å².